The Balaban J connectivity index is 2.94. The van der Waals surface area contributed by atoms with E-state index in [-0.39, 0.29) is 23.3 Å². The molecule has 5 heteroatoms. The molecule has 0 fully saturated rings. The van der Waals surface area contributed by atoms with Gasteiger partial charge in [-0.2, -0.15) is 0 Å². The van der Waals surface area contributed by atoms with E-state index in [9.17, 15) is 14.3 Å². The largest absolute Gasteiger partial charge is 0.507 e. The SMILES string of the molecule is CC(C)N(CCCN)C(=O)c1ccc(F)cc1O. The normalized spacial score (nSPS) is 10.7. The number of halogens is 1. The average molecular weight is 254 g/mol. The first-order chi connectivity index (χ1) is 8.47. The van der Waals surface area contributed by atoms with Gasteiger partial charge in [-0.25, -0.2) is 4.39 Å². The zero-order chi connectivity index (χ0) is 13.7. The highest BCUT2D eigenvalue weighted by molar-refractivity contribution is 5.97. The summed E-state index contributed by atoms with van der Waals surface area (Å²) in [6, 6.07) is 3.39. The number of nitrogens with zero attached hydrogens (tertiary/aromatic N) is 1. The standard InChI is InChI=1S/C13H19FN2O2/c1-9(2)16(7-3-6-15)13(18)11-5-4-10(14)8-12(11)17/h4-5,8-9,17H,3,6-7,15H2,1-2H3. The molecule has 0 bridgehead atoms. The van der Waals surface area contributed by atoms with Gasteiger partial charge in [-0.3, -0.25) is 4.79 Å². The Morgan fingerprint density at radius 3 is 2.67 bits per heavy atom. The Morgan fingerprint density at radius 1 is 1.50 bits per heavy atom. The molecule has 4 nitrogen and oxygen atoms in total. The zero-order valence-corrected chi connectivity index (χ0v) is 10.7. The second-order valence-corrected chi connectivity index (χ2v) is 4.40. The van der Waals surface area contributed by atoms with Gasteiger partial charge in [0.25, 0.3) is 5.91 Å². The Kier molecular flexibility index (Phi) is 5.09. The van der Waals surface area contributed by atoms with Crippen LogP contribution >= 0.6 is 0 Å². The molecule has 1 amide bonds. The van der Waals surface area contributed by atoms with Gasteiger partial charge in [-0.05, 0) is 38.9 Å². The zero-order valence-electron chi connectivity index (χ0n) is 10.7. The van der Waals surface area contributed by atoms with Crippen LogP contribution in [0.2, 0.25) is 0 Å². The van der Waals surface area contributed by atoms with Gasteiger partial charge in [0.2, 0.25) is 0 Å². The molecule has 1 aromatic carbocycles. The van der Waals surface area contributed by atoms with Crippen molar-refractivity contribution in [2.45, 2.75) is 26.3 Å². The summed E-state index contributed by atoms with van der Waals surface area (Å²) in [4.78, 5) is 13.8. The lowest BCUT2D eigenvalue weighted by molar-refractivity contribution is 0.0701. The number of aromatic hydroxyl groups is 1. The van der Waals surface area contributed by atoms with E-state index >= 15 is 0 Å². The Labute approximate surface area is 106 Å². The molecule has 18 heavy (non-hydrogen) atoms. The van der Waals surface area contributed by atoms with Gasteiger partial charge < -0.3 is 15.7 Å². The molecular formula is C13H19FN2O2. The maximum Gasteiger partial charge on any atom is 0.257 e. The summed E-state index contributed by atoms with van der Waals surface area (Å²) >= 11 is 0. The Bertz CT molecular complexity index is 421. The number of hydrogen-bond acceptors (Lipinski definition) is 3. The van der Waals surface area contributed by atoms with Crippen LogP contribution in [0.5, 0.6) is 5.75 Å². The highest BCUT2D eigenvalue weighted by Crippen LogP contribution is 2.21. The molecule has 1 aromatic rings. The van der Waals surface area contributed by atoms with Gasteiger partial charge in [0.05, 0.1) is 5.56 Å². The molecule has 1 rings (SSSR count). The molecule has 0 atom stereocenters. The van der Waals surface area contributed by atoms with Crippen LogP contribution in [0, 0.1) is 5.82 Å². The minimum absolute atomic E-state index is 0.00602. The van der Waals surface area contributed by atoms with E-state index in [4.69, 9.17) is 5.73 Å². The lowest BCUT2D eigenvalue weighted by Crippen LogP contribution is -2.38. The number of nitrogens with two attached hydrogens (primary N) is 1. The molecule has 0 unspecified atom stereocenters. The Hall–Kier alpha value is -1.62. The molecule has 0 aliphatic rings. The van der Waals surface area contributed by atoms with E-state index in [1.54, 1.807) is 4.90 Å². The van der Waals surface area contributed by atoms with E-state index in [1.807, 2.05) is 13.8 Å². The number of carbonyl (C=O) groups is 1. The molecule has 0 saturated heterocycles. The van der Waals surface area contributed by atoms with Gasteiger partial charge in [0.15, 0.2) is 0 Å². The molecule has 0 aromatic heterocycles. The molecule has 0 aliphatic heterocycles. The number of carbonyl (C=O) groups excluding carboxylic acids is 1. The minimum Gasteiger partial charge on any atom is -0.507 e. The number of phenols is 1. The van der Waals surface area contributed by atoms with Crippen molar-refractivity contribution in [1.29, 1.82) is 0 Å². The van der Waals surface area contributed by atoms with Crippen molar-refractivity contribution in [3.05, 3.63) is 29.6 Å². The lowest BCUT2D eigenvalue weighted by atomic mass is 10.1. The fraction of sp³-hybridized carbons (Fsp3) is 0.462. The summed E-state index contributed by atoms with van der Waals surface area (Å²) in [5.74, 6) is -1.21. The summed E-state index contributed by atoms with van der Waals surface area (Å²) < 4.78 is 12.9. The van der Waals surface area contributed by atoms with Gasteiger partial charge in [0.1, 0.15) is 11.6 Å². The van der Waals surface area contributed by atoms with Crippen LogP contribution in [0.15, 0.2) is 18.2 Å². The van der Waals surface area contributed by atoms with E-state index in [0.29, 0.717) is 19.5 Å². The first-order valence-corrected chi connectivity index (χ1v) is 5.97. The summed E-state index contributed by atoms with van der Waals surface area (Å²) in [6.45, 7) is 4.78. The second kappa shape index (κ2) is 6.35. The molecule has 0 heterocycles. The van der Waals surface area contributed by atoms with Crippen LogP contribution in [0.4, 0.5) is 4.39 Å². The smallest absolute Gasteiger partial charge is 0.257 e. The molecular weight excluding hydrogens is 235 g/mol. The van der Waals surface area contributed by atoms with Crippen LogP contribution < -0.4 is 5.73 Å². The third-order valence-corrected chi connectivity index (χ3v) is 2.68. The van der Waals surface area contributed by atoms with Crippen LogP contribution in [0.3, 0.4) is 0 Å². The predicted molar refractivity (Wildman–Crippen MR) is 67.9 cm³/mol. The summed E-state index contributed by atoms with van der Waals surface area (Å²) in [5.41, 5.74) is 5.54. The van der Waals surface area contributed by atoms with E-state index in [2.05, 4.69) is 0 Å². The van der Waals surface area contributed by atoms with E-state index in [0.717, 1.165) is 12.1 Å². The summed E-state index contributed by atoms with van der Waals surface area (Å²) in [7, 11) is 0. The van der Waals surface area contributed by atoms with Crippen LogP contribution in [0.1, 0.15) is 30.6 Å². The van der Waals surface area contributed by atoms with Gasteiger partial charge in [-0.1, -0.05) is 0 Å². The summed E-state index contributed by atoms with van der Waals surface area (Å²) in [5, 5.41) is 9.61. The number of hydrogen-bond donors (Lipinski definition) is 2. The maximum atomic E-state index is 12.9. The highest BCUT2D eigenvalue weighted by Gasteiger charge is 2.21. The number of phenolic OH excluding ortho intramolecular Hbond substituents is 1. The highest BCUT2D eigenvalue weighted by atomic mass is 19.1. The third kappa shape index (κ3) is 3.43. The minimum atomic E-state index is -0.567. The Morgan fingerprint density at radius 2 is 2.17 bits per heavy atom. The molecule has 100 valence electrons. The second-order valence-electron chi connectivity index (χ2n) is 4.40. The number of benzene rings is 1. The first kappa shape index (κ1) is 14.4. The maximum absolute atomic E-state index is 12.9. The van der Waals surface area contributed by atoms with Crippen molar-refractivity contribution in [2.75, 3.05) is 13.1 Å². The molecule has 0 saturated carbocycles. The topological polar surface area (TPSA) is 66.6 Å². The van der Waals surface area contributed by atoms with Crippen molar-refractivity contribution in [1.82, 2.24) is 4.90 Å². The quantitative estimate of drug-likeness (QED) is 0.841. The van der Waals surface area contributed by atoms with E-state index < -0.39 is 5.82 Å². The van der Waals surface area contributed by atoms with Gasteiger partial charge in [0, 0.05) is 18.7 Å². The monoisotopic (exact) mass is 254 g/mol. The van der Waals surface area contributed by atoms with Crippen LogP contribution in [-0.2, 0) is 0 Å². The number of amides is 1. The molecule has 0 radical (unpaired) electrons. The van der Waals surface area contributed by atoms with Crippen molar-refractivity contribution in [2.24, 2.45) is 5.73 Å². The fourth-order valence-corrected chi connectivity index (χ4v) is 1.70. The average Bonchev–Trinajstić information content (AvgIpc) is 2.28. The molecule has 0 aliphatic carbocycles. The first-order valence-electron chi connectivity index (χ1n) is 5.97. The fourth-order valence-electron chi connectivity index (χ4n) is 1.70. The van der Waals surface area contributed by atoms with E-state index in [1.165, 1.54) is 6.07 Å². The lowest BCUT2D eigenvalue weighted by Gasteiger charge is -2.27. The van der Waals surface area contributed by atoms with Gasteiger partial charge in [-0.15, -0.1) is 0 Å². The molecule has 3 N–H and O–H groups in total. The third-order valence-electron chi connectivity index (χ3n) is 2.68. The van der Waals surface area contributed by atoms with Crippen molar-refractivity contribution in [3.8, 4) is 5.75 Å². The summed E-state index contributed by atoms with van der Waals surface area (Å²) in [6.07, 6.45) is 0.686. The van der Waals surface area contributed by atoms with Gasteiger partial charge >= 0.3 is 0 Å². The van der Waals surface area contributed by atoms with Crippen LogP contribution in [0.25, 0.3) is 0 Å². The molecule has 0 spiro atoms. The predicted octanol–water partition coefficient (Wildman–Crippen LogP) is 1.73. The van der Waals surface area contributed by atoms with Crippen LogP contribution in [-0.4, -0.2) is 35.0 Å². The van der Waals surface area contributed by atoms with Crippen molar-refractivity contribution in [3.63, 3.8) is 0 Å². The van der Waals surface area contributed by atoms with Crippen molar-refractivity contribution < 1.29 is 14.3 Å². The number of rotatable bonds is 5. The van der Waals surface area contributed by atoms with Crippen molar-refractivity contribution >= 4 is 5.91 Å².